The van der Waals surface area contributed by atoms with Crippen LogP contribution in [-0.4, -0.2) is 31.9 Å². The zero-order valence-corrected chi connectivity index (χ0v) is 11.4. The minimum atomic E-state index is 0.114. The molecule has 1 aromatic rings. The number of anilines is 1. The lowest BCUT2D eigenvalue weighted by atomic mass is 9.97. The number of aliphatic hydroxyl groups is 1. The van der Waals surface area contributed by atoms with E-state index >= 15 is 0 Å². The van der Waals surface area contributed by atoms with Crippen molar-refractivity contribution in [3.05, 3.63) is 29.3 Å². The highest BCUT2D eigenvalue weighted by atomic mass is 16.5. The Morgan fingerprint density at radius 3 is 3.00 bits per heavy atom. The Kier molecular flexibility index (Phi) is 4.61. The van der Waals surface area contributed by atoms with E-state index in [1.165, 1.54) is 24.1 Å². The van der Waals surface area contributed by atoms with Gasteiger partial charge in [-0.05, 0) is 31.7 Å². The molecule has 1 heterocycles. The SMILES string of the molecule is COCC1CCCN(c2ccc(C)cc2CO)C1. The summed E-state index contributed by atoms with van der Waals surface area (Å²) in [6.45, 7) is 5.12. The standard InChI is InChI=1S/C15H23NO2/c1-12-5-6-15(14(8-12)10-17)16-7-3-4-13(9-16)11-18-2/h5-6,8,13,17H,3-4,7,9-11H2,1-2H3. The zero-order valence-electron chi connectivity index (χ0n) is 11.4. The van der Waals surface area contributed by atoms with E-state index < -0.39 is 0 Å². The molecule has 0 radical (unpaired) electrons. The summed E-state index contributed by atoms with van der Waals surface area (Å²) in [5, 5.41) is 9.49. The highest BCUT2D eigenvalue weighted by Crippen LogP contribution is 2.27. The fraction of sp³-hybridized carbons (Fsp3) is 0.600. The molecule has 2 rings (SSSR count). The Labute approximate surface area is 109 Å². The zero-order chi connectivity index (χ0) is 13.0. The molecule has 0 spiro atoms. The van der Waals surface area contributed by atoms with E-state index in [1.807, 2.05) is 0 Å². The first-order valence-electron chi connectivity index (χ1n) is 6.69. The van der Waals surface area contributed by atoms with E-state index in [9.17, 15) is 5.11 Å². The van der Waals surface area contributed by atoms with Crippen molar-refractivity contribution in [3.8, 4) is 0 Å². The fourth-order valence-corrected chi connectivity index (χ4v) is 2.81. The molecule has 1 unspecified atom stereocenters. The van der Waals surface area contributed by atoms with Crippen LogP contribution in [0.5, 0.6) is 0 Å². The van der Waals surface area contributed by atoms with Crippen LogP contribution in [0.4, 0.5) is 5.69 Å². The number of piperidine rings is 1. The topological polar surface area (TPSA) is 32.7 Å². The molecule has 18 heavy (non-hydrogen) atoms. The third-order valence-electron chi connectivity index (χ3n) is 3.67. The van der Waals surface area contributed by atoms with Gasteiger partial charge in [0.05, 0.1) is 13.2 Å². The van der Waals surface area contributed by atoms with Crippen molar-refractivity contribution in [1.29, 1.82) is 0 Å². The van der Waals surface area contributed by atoms with Gasteiger partial charge in [0, 0.05) is 31.5 Å². The molecule has 1 aromatic carbocycles. The molecule has 1 N–H and O–H groups in total. The predicted octanol–water partition coefficient (Wildman–Crippen LogP) is 2.35. The first-order valence-corrected chi connectivity index (χ1v) is 6.69. The number of aliphatic hydroxyl groups excluding tert-OH is 1. The molecule has 3 nitrogen and oxygen atoms in total. The molecule has 100 valence electrons. The van der Waals surface area contributed by atoms with Crippen molar-refractivity contribution in [2.45, 2.75) is 26.4 Å². The molecule has 0 bridgehead atoms. The van der Waals surface area contributed by atoms with Gasteiger partial charge in [-0.2, -0.15) is 0 Å². The average molecular weight is 249 g/mol. The summed E-state index contributed by atoms with van der Waals surface area (Å²) in [6, 6.07) is 6.33. The van der Waals surface area contributed by atoms with Gasteiger partial charge in [0.25, 0.3) is 0 Å². The first-order chi connectivity index (χ1) is 8.74. The van der Waals surface area contributed by atoms with Crippen LogP contribution in [-0.2, 0) is 11.3 Å². The van der Waals surface area contributed by atoms with Gasteiger partial charge < -0.3 is 14.7 Å². The van der Waals surface area contributed by atoms with Crippen molar-refractivity contribution in [1.82, 2.24) is 0 Å². The lowest BCUT2D eigenvalue weighted by Gasteiger charge is -2.35. The van der Waals surface area contributed by atoms with E-state index in [0.29, 0.717) is 5.92 Å². The van der Waals surface area contributed by atoms with E-state index in [4.69, 9.17) is 4.74 Å². The van der Waals surface area contributed by atoms with Gasteiger partial charge in [-0.1, -0.05) is 17.7 Å². The largest absolute Gasteiger partial charge is 0.392 e. The highest BCUT2D eigenvalue weighted by molar-refractivity contribution is 5.55. The van der Waals surface area contributed by atoms with Crippen LogP contribution in [0.2, 0.25) is 0 Å². The molecule has 1 aliphatic heterocycles. The maximum Gasteiger partial charge on any atom is 0.0702 e. The summed E-state index contributed by atoms with van der Waals surface area (Å²) >= 11 is 0. The molecule has 0 saturated carbocycles. The molecule has 1 atom stereocenters. The number of hydrogen-bond acceptors (Lipinski definition) is 3. The molecule has 1 aliphatic rings. The monoisotopic (exact) mass is 249 g/mol. The van der Waals surface area contributed by atoms with E-state index in [1.54, 1.807) is 7.11 Å². The van der Waals surface area contributed by atoms with Gasteiger partial charge in [0.2, 0.25) is 0 Å². The Balaban J connectivity index is 2.15. The summed E-state index contributed by atoms with van der Waals surface area (Å²) in [5.41, 5.74) is 3.42. The second-order valence-corrected chi connectivity index (χ2v) is 5.20. The van der Waals surface area contributed by atoms with E-state index in [-0.39, 0.29) is 6.61 Å². The fourth-order valence-electron chi connectivity index (χ4n) is 2.81. The quantitative estimate of drug-likeness (QED) is 0.889. The van der Waals surface area contributed by atoms with Crippen molar-refractivity contribution >= 4 is 5.69 Å². The Morgan fingerprint density at radius 1 is 1.44 bits per heavy atom. The summed E-state index contributed by atoms with van der Waals surface area (Å²) < 4.78 is 5.27. The van der Waals surface area contributed by atoms with Crippen LogP contribution in [0.25, 0.3) is 0 Å². The lowest BCUT2D eigenvalue weighted by molar-refractivity contribution is 0.143. The molecule has 1 saturated heterocycles. The van der Waals surface area contributed by atoms with Crippen molar-refractivity contribution in [3.63, 3.8) is 0 Å². The molecular weight excluding hydrogens is 226 g/mol. The van der Waals surface area contributed by atoms with E-state index in [2.05, 4.69) is 30.0 Å². The Morgan fingerprint density at radius 2 is 2.28 bits per heavy atom. The normalized spacial score (nSPS) is 20.2. The number of hydrogen-bond donors (Lipinski definition) is 1. The number of rotatable bonds is 4. The number of ether oxygens (including phenoxy) is 1. The lowest BCUT2D eigenvalue weighted by Crippen LogP contribution is -2.37. The summed E-state index contributed by atoms with van der Waals surface area (Å²) in [5.74, 6) is 0.608. The van der Waals surface area contributed by atoms with Gasteiger partial charge in [0.1, 0.15) is 0 Å². The average Bonchev–Trinajstić information content (AvgIpc) is 2.39. The van der Waals surface area contributed by atoms with Gasteiger partial charge >= 0.3 is 0 Å². The van der Waals surface area contributed by atoms with Crippen LogP contribution < -0.4 is 4.90 Å². The van der Waals surface area contributed by atoms with Crippen LogP contribution in [0.1, 0.15) is 24.0 Å². The van der Waals surface area contributed by atoms with Crippen LogP contribution in [0.15, 0.2) is 18.2 Å². The molecule has 0 amide bonds. The van der Waals surface area contributed by atoms with Gasteiger partial charge in [-0.3, -0.25) is 0 Å². The number of aryl methyl sites for hydroxylation is 1. The van der Waals surface area contributed by atoms with Crippen molar-refractivity contribution in [2.75, 3.05) is 31.7 Å². The third-order valence-corrected chi connectivity index (χ3v) is 3.67. The number of nitrogens with zero attached hydrogens (tertiary/aromatic N) is 1. The Hall–Kier alpha value is -1.06. The molecule has 1 fully saturated rings. The smallest absolute Gasteiger partial charge is 0.0702 e. The van der Waals surface area contributed by atoms with E-state index in [0.717, 1.165) is 25.3 Å². The maximum atomic E-state index is 9.49. The van der Waals surface area contributed by atoms with Crippen LogP contribution in [0.3, 0.4) is 0 Å². The minimum Gasteiger partial charge on any atom is -0.392 e. The first kappa shape index (κ1) is 13.4. The number of methoxy groups -OCH3 is 1. The molecule has 0 aliphatic carbocycles. The maximum absolute atomic E-state index is 9.49. The molecule has 3 heteroatoms. The van der Waals surface area contributed by atoms with Gasteiger partial charge in [0.15, 0.2) is 0 Å². The predicted molar refractivity (Wildman–Crippen MR) is 73.9 cm³/mol. The van der Waals surface area contributed by atoms with Crippen molar-refractivity contribution in [2.24, 2.45) is 5.92 Å². The second-order valence-electron chi connectivity index (χ2n) is 5.20. The van der Waals surface area contributed by atoms with Crippen LogP contribution >= 0.6 is 0 Å². The molecular formula is C15H23NO2. The summed E-state index contributed by atoms with van der Waals surface area (Å²) in [7, 11) is 1.77. The van der Waals surface area contributed by atoms with Crippen molar-refractivity contribution < 1.29 is 9.84 Å². The summed E-state index contributed by atoms with van der Waals surface area (Å²) in [6.07, 6.45) is 2.44. The number of benzene rings is 1. The van der Waals surface area contributed by atoms with Crippen LogP contribution in [0, 0.1) is 12.8 Å². The van der Waals surface area contributed by atoms with Gasteiger partial charge in [-0.25, -0.2) is 0 Å². The minimum absolute atomic E-state index is 0.114. The third kappa shape index (κ3) is 3.03. The summed E-state index contributed by atoms with van der Waals surface area (Å²) in [4.78, 5) is 2.39. The highest BCUT2D eigenvalue weighted by Gasteiger charge is 2.21. The molecule has 0 aromatic heterocycles. The second kappa shape index (κ2) is 6.21. The van der Waals surface area contributed by atoms with Gasteiger partial charge in [-0.15, -0.1) is 0 Å². The Bertz CT molecular complexity index is 390.